The van der Waals surface area contributed by atoms with E-state index < -0.39 is 0 Å². The van der Waals surface area contributed by atoms with Crippen LogP contribution in [0.1, 0.15) is 36.9 Å². The lowest BCUT2D eigenvalue weighted by molar-refractivity contribution is 0.178. The van der Waals surface area contributed by atoms with E-state index in [1.54, 1.807) is 24.7 Å². The van der Waals surface area contributed by atoms with Crippen molar-refractivity contribution < 1.29 is 9.18 Å². The lowest BCUT2D eigenvalue weighted by Crippen LogP contribution is -2.47. The van der Waals surface area contributed by atoms with E-state index in [0.29, 0.717) is 25.4 Å². The fourth-order valence-corrected chi connectivity index (χ4v) is 4.21. The van der Waals surface area contributed by atoms with Gasteiger partial charge in [0.25, 0.3) is 0 Å². The molecule has 1 atom stereocenters. The molecule has 152 valence electrons. The molecule has 0 radical (unpaired) electrons. The molecule has 0 spiro atoms. The van der Waals surface area contributed by atoms with Gasteiger partial charge < -0.3 is 14.8 Å². The standard InChI is InChI=1S/C22H26FN5O/c1-15(11-17-13-27(2)21-4-3-18(23)12-19(17)21)26-22(29)28-9-6-16(7-10-28)20-5-8-24-14-25-20/h3-5,8,12-16H,6-7,9-11H2,1-2H3,(H,26,29). The number of rotatable bonds is 4. The van der Waals surface area contributed by atoms with E-state index in [4.69, 9.17) is 0 Å². The number of nitrogens with one attached hydrogen (secondary N) is 1. The number of benzene rings is 1. The van der Waals surface area contributed by atoms with E-state index in [0.717, 1.165) is 35.0 Å². The van der Waals surface area contributed by atoms with Gasteiger partial charge in [-0.15, -0.1) is 0 Å². The molecule has 0 aliphatic carbocycles. The molecule has 29 heavy (non-hydrogen) atoms. The highest BCUT2D eigenvalue weighted by molar-refractivity contribution is 5.84. The largest absolute Gasteiger partial charge is 0.350 e. The highest BCUT2D eigenvalue weighted by Gasteiger charge is 2.25. The normalized spacial score (nSPS) is 16.2. The topological polar surface area (TPSA) is 63.1 Å². The molecular formula is C22H26FN5O. The molecule has 6 nitrogen and oxygen atoms in total. The van der Waals surface area contributed by atoms with Crippen molar-refractivity contribution in [2.45, 2.75) is 38.1 Å². The molecule has 4 rings (SSSR count). The lowest BCUT2D eigenvalue weighted by atomic mass is 9.93. The first-order valence-corrected chi connectivity index (χ1v) is 10.1. The third-order valence-electron chi connectivity index (χ3n) is 5.74. The molecule has 0 saturated carbocycles. The molecule has 3 aromatic rings. The molecule has 1 saturated heterocycles. The highest BCUT2D eigenvalue weighted by Crippen LogP contribution is 2.26. The maximum absolute atomic E-state index is 13.7. The summed E-state index contributed by atoms with van der Waals surface area (Å²) in [6, 6.07) is 6.70. The van der Waals surface area contributed by atoms with Gasteiger partial charge in [-0.25, -0.2) is 19.2 Å². The molecule has 7 heteroatoms. The molecule has 2 amide bonds. The van der Waals surface area contributed by atoms with Crippen LogP contribution in [0.2, 0.25) is 0 Å². The Morgan fingerprint density at radius 3 is 2.83 bits per heavy atom. The lowest BCUT2D eigenvalue weighted by Gasteiger charge is -2.32. The number of halogens is 1. The van der Waals surface area contributed by atoms with Gasteiger partial charge in [-0.2, -0.15) is 0 Å². The second-order valence-corrected chi connectivity index (χ2v) is 7.88. The minimum Gasteiger partial charge on any atom is -0.350 e. The van der Waals surface area contributed by atoms with Crippen LogP contribution in [0.5, 0.6) is 0 Å². The number of piperidine rings is 1. The number of fused-ring (bicyclic) bond motifs is 1. The van der Waals surface area contributed by atoms with E-state index >= 15 is 0 Å². The fraction of sp³-hybridized carbons (Fsp3) is 0.409. The van der Waals surface area contributed by atoms with Crippen LogP contribution >= 0.6 is 0 Å². The van der Waals surface area contributed by atoms with Crippen molar-refractivity contribution in [2.24, 2.45) is 7.05 Å². The molecule has 1 aliphatic rings. The fourth-order valence-electron chi connectivity index (χ4n) is 4.21. The summed E-state index contributed by atoms with van der Waals surface area (Å²) in [4.78, 5) is 22.9. The summed E-state index contributed by atoms with van der Waals surface area (Å²) in [6.07, 6.45) is 7.82. The molecular weight excluding hydrogens is 369 g/mol. The van der Waals surface area contributed by atoms with Crippen molar-refractivity contribution in [1.29, 1.82) is 0 Å². The van der Waals surface area contributed by atoms with Crippen molar-refractivity contribution in [1.82, 2.24) is 24.8 Å². The Kier molecular flexibility index (Phi) is 5.47. The number of hydrogen-bond acceptors (Lipinski definition) is 3. The second kappa shape index (κ2) is 8.19. The Bertz CT molecular complexity index is 995. The average molecular weight is 395 g/mol. The molecule has 2 aromatic heterocycles. The van der Waals surface area contributed by atoms with Crippen LogP contribution < -0.4 is 5.32 Å². The van der Waals surface area contributed by atoms with Gasteiger partial charge >= 0.3 is 6.03 Å². The van der Waals surface area contributed by atoms with E-state index in [1.165, 1.54) is 6.07 Å². The van der Waals surface area contributed by atoms with Crippen LogP contribution in [-0.2, 0) is 13.5 Å². The molecule has 1 aliphatic heterocycles. The molecule has 1 aromatic carbocycles. The Hall–Kier alpha value is -2.96. The second-order valence-electron chi connectivity index (χ2n) is 7.88. The van der Waals surface area contributed by atoms with Crippen LogP contribution in [-0.4, -0.2) is 44.6 Å². The number of aromatic nitrogens is 3. The third-order valence-corrected chi connectivity index (χ3v) is 5.74. The van der Waals surface area contributed by atoms with Gasteiger partial charge in [0.1, 0.15) is 12.1 Å². The Morgan fingerprint density at radius 1 is 1.31 bits per heavy atom. The number of carbonyl (C=O) groups is 1. The number of urea groups is 1. The molecule has 3 heterocycles. The van der Waals surface area contributed by atoms with E-state index in [9.17, 15) is 9.18 Å². The zero-order valence-corrected chi connectivity index (χ0v) is 16.8. The van der Waals surface area contributed by atoms with E-state index in [1.807, 2.05) is 35.7 Å². The Labute approximate surface area is 169 Å². The first-order valence-electron chi connectivity index (χ1n) is 10.1. The Balaban J connectivity index is 1.34. The predicted octanol–water partition coefficient (Wildman–Crippen LogP) is 3.63. The van der Waals surface area contributed by atoms with Crippen LogP contribution in [0.4, 0.5) is 9.18 Å². The number of carbonyl (C=O) groups excluding carboxylic acids is 1. The number of amides is 2. The van der Waals surface area contributed by atoms with Crippen molar-refractivity contribution in [3.8, 4) is 0 Å². The minimum absolute atomic E-state index is 0.0370. The van der Waals surface area contributed by atoms with E-state index in [2.05, 4.69) is 15.3 Å². The summed E-state index contributed by atoms with van der Waals surface area (Å²) in [7, 11) is 1.95. The molecule has 0 bridgehead atoms. The van der Waals surface area contributed by atoms with Gasteiger partial charge in [0.15, 0.2) is 0 Å². The monoisotopic (exact) mass is 395 g/mol. The van der Waals surface area contributed by atoms with Crippen LogP contribution in [0.25, 0.3) is 10.9 Å². The molecule has 1 fully saturated rings. The maximum Gasteiger partial charge on any atom is 0.317 e. The molecule has 1 N–H and O–H groups in total. The zero-order valence-electron chi connectivity index (χ0n) is 16.8. The van der Waals surface area contributed by atoms with Crippen LogP contribution in [0.15, 0.2) is 43.0 Å². The van der Waals surface area contributed by atoms with E-state index in [-0.39, 0.29) is 17.9 Å². The van der Waals surface area contributed by atoms with Gasteiger partial charge in [0, 0.05) is 61.1 Å². The summed E-state index contributed by atoms with van der Waals surface area (Å²) in [5.41, 5.74) is 3.08. The number of likely N-dealkylation sites (tertiary alicyclic amines) is 1. The smallest absolute Gasteiger partial charge is 0.317 e. The van der Waals surface area contributed by atoms with Crippen molar-refractivity contribution in [3.05, 3.63) is 60.1 Å². The third kappa shape index (κ3) is 4.23. The van der Waals surface area contributed by atoms with Crippen molar-refractivity contribution in [2.75, 3.05) is 13.1 Å². The maximum atomic E-state index is 13.7. The summed E-state index contributed by atoms with van der Waals surface area (Å²) < 4.78 is 15.7. The summed E-state index contributed by atoms with van der Waals surface area (Å²) in [6.45, 7) is 3.42. The van der Waals surface area contributed by atoms with Gasteiger partial charge in [0.2, 0.25) is 0 Å². The summed E-state index contributed by atoms with van der Waals surface area (Å²) >= 11 is 0. The summed E-state index contributed by atoms with van der Waals surface area (Å²) in [5.74, 6) is 0.137. The van der Waals surface area contributed by atoms with Gasteiger partial charge in [-0.3, -0.25) is 0 Å². The van der Waals surface area contributed by atoms with Gasteiger partial charge in [-0.1, -0.05) is 0 Å². The number of aryl methyl sites for hydroxylation is 1. The first kappa shape index (κ1) is 19.4. The van der Waals surface area contributed by atoms with Crippen molar-refractivity contribution >= 4 is 16.9 Å². The first-order chi connectivity index (χ1) is 14.0. The van der Waals surface area contributed by atoms with Crippen molar-refractivity contribution in [3.63, 3.8) is 0 Å². The number of hydrogen-bond donors (Lipinski definition) is 1. The molecule has 1 unspecified atom stereocenters. The zero-order chi connectivity index (χ0) is 20.4. The quantitative estimate of drug-likeness (QED) is 0.734. The van der Waals surface area contributed by atoms with Crippen LogP contribution in [0.3, 0.4) is 0 Å². The Morgan fingerprint density at radius 2 is 2.10 bits per heavy atom. The minimum atomic E-state index is -0.242. The average Bonchev–Trinajstić information content (AvgIpc) is 3.03. The SMILES string of the molecule is CC(Cc1cn(C)c2ccc(F)cc12)NC(=O)N1CCC(c2ccncn2)CC1. The summed E-state index contributed by atoms with van der Waals surface area (Å²) in [5, 5.41) is 4.00. The predicted molar refractivity (Wildman–Crippen MR) is 110 cm³/mol. The van der Waals surface area contributed by atoms with Gasteiger partial charge in [-0.05, 0) is 56.0 Å². The highest BCUT2D eigenvalue weighted by atomic mass is 19.1. The number of nitrogens with zero attached hydrogens (tertiary/aromatic N) is 4. The van der Waals surface area contributed by atoms with Gasteiger partial charge in [0.05, 0.1) is 0 Å². The van der Waals surface area contributed by atoms with Crippen LogP contribution in [0, 0.1) is 5.82 Å².